The summed E-state index contributed by atoms with van der Waals surface area (Å²) in [5.74, 6) is -0.919. The van der Waals surface area contributed by atoms with E-state index in [9.17, 15) is 18.0 Å². The van der Waals surface area contributed by atoms with Gasteiger partial charge >= 0.3 is 0 Å². The Balaban J connectivity index is 1.93. The highest BCUT2D eigenvalue weighted by atomic mass is 35.5. The Bertz CT molecular complexity index is 1170. The third-order valence-corrected chi connectivity index (χ3v) is 8.21. The number of carbonyl (C=O) groups is 2. The van der Waals surface area contributed by atoms with Gasteiger partial charge in [0.2, 0.25) is 21.8 Å². The molecule has 2 amide bonds. The predicted octanol–water partition coefficient (Wildman–Crippen LogP) is 4.89. The molecule has 7 nitrogen and oxygen atoms in total. The lowest BCUT2D eigenvalue weighted by molar-refractivity contribution is -0.139. The van der Waals surface area contributed by atoms with Crippen molar-refractivity contribution in [2.45, 2.75) is 51.2 Å². The molecule has 190 valence electrons. The van der Waals surface area contributed by atoms with Gasteiger partial charge in [-0.05, 0) is 44.0 Å². The largest absolute Gasteiger partial charge is 0.352 e. The summed E-state index contributed by atoms with van der Waals surface area (Å²) in [5.41, 5.74) is 0.636. The number of nitrogens with zero attached hydrogens (tertiary/aromatic N) is 2. The molecule has 1 atom stereocenters. The van der Waals surface area contributed by atoms with Crippen molar-refractivity contribution in [1.82, 2.24) is 10.2 Å². The first-order valence-corrected chi connectivity index (χ1v) is 14.2. The summed E-state index contributed by atoms with van der Waals surface area (Å²) in [7, 11) is -3.87. The first-order valence-electron chi connectivity index (χ1n) is 11.2. The van der Waals surface area contributed by atoms with Crippen molar-refractivity contribution < 1.29 is 18.0 Å². The number of nitrogens with one attached hydrogen (secondary N) is 1. The van der Waals surface area contributed by atoms with Gasteiger partial charge in [0.15, 0.2) is 0 Å². The van der Waals surface area contributed by atoms with Crippen LogP contribution in [0.2, 0.25) is 15.1 Å². The average Bonchev–Trinajstić information content (AvgIpc) is 3.29. The molecule has 1 fully saturated rings. The van der Waals surface area contributed by atoms with E-state index in [0.29, 0.717) is 15.6 Å². The smallest absolute Gasteiger partial charge is 0.244 e. The molecule has 0 aromatic heterocycles. The monoisotopic (exact) mass is 559 g/mol. The first kappa shape index (κ1) is 27.6. The molecular weight excluding hydrogens is 533 g/mol. The molecule has 1 aliphatic carbocycles. The van der Waals surface area contributed by atoms with E-state index >= 15 is 0 Å². The number of halogens is 3. The lowest BCUT2D eigenvalue weighted by atomic mass is 10.1. The van der Waals surface area contributed by atoms with Crippen LogP contribution in [0.3, 0.4) is 0 Å². The fourth-order valence-corrected chi connectivity index (χ4v) is 5.74. The summed E-state index contributed by atoms with van der Waals surface area (Å²) >= 11 is 18.9. The third-order valence-electron chi connectivity index (χ3n) is 6.06. The van der Waals surface area contributed by atoms with E-state index in [1.807, 2.05) is 0 Å². The van der Waals surface area contributed by atoms with Crippen LogP contribution in [0.25, 0.3) is 0 Å². The number of hydrogen-bond acceptors (Lipinski definition) is 4. The predicted molar refractivity (Wildman–Crippen MR) is 141 cm³/mol. The lowest BCUT2D eigenvalue weighted by Crippen LogP contribution is -2.52. The van der Waals surface area contributed by atoms with Crippen LogP contribution in [0.5, 0.6) is 0 Å². The van der Waals surface area contributed by atoms with E-state index in [4.69, 9.17) is 34.8 Å². The molecule has 11 heteroatoms. The maximum Gasteiger partial charge on any atom is 0.244 e. The Kier molecular flexibility index (Phi) is 9.32. The minimum absolute atomic E-state index is 0.0569. The number of rotatable bonds is 9. The molecule has 0 saturated heterocycles. The van der Waals surface area contributed by atoms with Crippen LogP contribution in [0.15, 0.2) is 42.5 Å². The Morgan fingerprint density at radius 2 is 1.57 bits per heavy atom. The second-order valence-electron chi connectivity index (χ2n) is 8.61. The van der Waals surface area contributed by atoms with Crippen LogP contribution in [0, 0.1) is 0 Å². The molecule has 1 N–H and O–H groups in total. The van der Waals surface area contributed by atoms with Gasteiger partial charge in [-0.25, -0.2) is 8.42 Å². The maximum absolute atomic E-state index is 13.6. The number of carbonyl (C=O) groups excluding carboxylic acids is 2. The highest BCUT2D eigenvalue weighted by Crippen LogP contribution is 2.29. The second-order valence-corrected chi connectivity index (χ2v) is 11.7. The number of anilines is 1. The van der Waals surface area contributed by atoms with Crippen LogP contribution >= 0.6 is 34.8 Å². The van der Waals surface area contributed by atoms with Crippen molar-refractivity contribution in [3.8, 4) is 0 Å². The topological polar surface area (TPSA) is 86.8 Å². The third kappa shape index (κ3) is 7.03. The van der Waals surface area contributed by atoms with E-state index in [1.165, 1.54) is 11.0 Å². The maximum atomic E-state index is 13.6. The molecule has 1 unspecified atom stereocenters. The minimum Gasteiger partial charge on any atom is -0.352 e. The lowest BCUT2D eigenvalue weighted by Gasteiger charge is -2.32. The summed E-state index contributed by atoms with van der Waals surface area (Å²) in [5, 5.41) is 3.86. The Morgan fingerprint density at radius 1 is 1.00 bits per heavy atom. The fourth-order valence-electron chi connectivity index (χ4n) is 4.08. The molecule has 2 aromatic rings. The summed E-state index contributed by atoms with van der Waals surface area (Å²) < 4.78 is 26.2. The molecule has 1 aliphatic rings. The van der Waals surface area contributed by atoms with Crippen molar-refractivity contribution in [3.63, 3.8) is 0 Å². The zero-order valence-corrected chi connectivity index (χ0v) is 22.6. The van der Waals surface area contributed by atoms with Crippen molar-refractivity contribution >= 4 is 62.3 Å². The van der Waals surface area contributed by atoms with Crippen LogP contribution in [0.1, 0.15) is 38.2 Å². The van der Waals surface area contributed by atoms with Gasteiger partial charge in [-0.1, -0.05) is 65.8 Å². The van der Waals surface area contributed by atoms with Crippen molar-refractivity contribution in [2.75, 3.05) is 17.1 Å². The molecule has 0 aliphatic heterocycles. The highest BCUT2D eigenvalue weighted by Gasteiger charge is 2.32. The summed E-state index contributed by atoms with van der Waals surface area (Å²) in [6.45, 7) is 0.982. The van der Waals surface area contributed by atoms with E-state index in [0.717, 1.165) is 36.2 Å². The molecule has 2 aromatic carbocycles. The van der Waals surface area contributed by atoms with Gasteiger partial charge in [0, 0.05) is 28.2 Å². The van der Waals surface area contributed by atoms with Crippen LogP contribution in [-0.4, -0.2) is 50.0 Å². The zero-order valence-electron chi connectivity index (χ0n) is 19.5. The molecule has 0 spiro atoms. The Hall–Kier alpha value is -2.00. The number of para-hydroxylation sites is 1. The van der Waals surface area contributed by atoms with Gasteiger partial charge in [-0.3, -0.25) is 13.9 Å². The molecule has 3 rings (SSSR count). The van der Waals surface area contributed by atoms with E-state index in [1.54, 1.807) is 43.3 Å². The summed E-state index contributed by atoms with van der Waals surface area (Å²) in [6.07, 6.45) is 4.85. The number of amides is 2. The highest BCUT2D eigenvalue weighted by molar-refractivity contribution is 7.92. The van der Waals surface area contributed by atoms with Gasteiger partial charge in [0.05, 0.1) is 17.0 Å². The normalized spacial score (nSPS) is 15.0. The number of benzene rings is 2. The Morgan fingerprint density at radius 3 is 2.14 bits per heavy atom. The summed E-state index contributed by atoms with van der Waals surface area (Å²) in [6, 6.07) is 10.5. The van der Waals surface area contributed by atoms with Crippen molar-refractivity contribution in [3.05, 3.63) is 63.1 Å². The quantitative estimate of drug-likeness (QED) is 0.473. The molecule has 0 heterocycles. The van der Waals surface area contributed by atoms with Gasteiger partial charge < -0.3 is 10.2 Å². The van der Waals surface area contributed by atoms with Crippen LogP contribution in [-0.2, 0) is 26.2 Å². The van der Waals surface area contributed by atoms with Gasteiger partial charge in [-0.15, -0.1) is 0 Å². The first-order chi connectivity index (χ1) is 16.5. The average molecular weight is 561 g/mol. The van der Waals surface area contributed by atoms with Crippen molar-refractivity contribution in [1.29, 1.82) is 0 Å². The van der Waals surface area contributed by atoms with E-state index in [2.05, 4.69) is 5.32 Å². The van der Waals surface area contributed by atoms with E-state index < -0.39 is 28.5 Å². The minimum atomic E-state index is -3.87. The van der Waals surface area contributed by atoms with Gasteiger partial charge in [0.25, 0.3) is 0 Å². The molecule has 1 saturated carbocycles. The molecule has 35 heavy (non-hydrogen) atoms. The number of sulfonamides is 1. The molecule has 0 radical (unpaired) electrons. The van der Waals surface area contributed by atoms with E-state index in [-0.39, 0.29) is 29.2 Å². The van der Waals surface area contributed by atoms with Gasteiger partial charge in [0.1, 0.15) is 12.6 Å². The van der Waals surface area contributed by atoms with Gasteiger partial charge in [-0.2, -0.15) is 0 Å². The Labute approximate surface area is 221 Å². The SMILES string of the molecule is CC(C(=O)NC1CCCC1)N(Cc1c(Cl)cccc1Cl)C(=O)CN(c1ccccc1Cl)S(C)(=O)=O. The standard InChI is InChI=1S/C24H28Cl3N3O4S/c1-16(24(32)28-17-8-3-4-9-17)29(14-18-19(25)11-7-12-20(18)26)23(31)15-30(35(2,33)34)22-13-6-5-10-21(22)27/h5-7,10-13,16-17H,3-4,8-9,14-15H2,1-2H3,(H,28,32). The second kappa shape index (κ2) is 11.8. The van der Waals surface area contributed by atoms with Crippen molar-refractivity contribution in [2.24, 2.45) is 0 Å². The van der Waals surface area contributed by atoms with Crippen LogP contribution in [0.4, 0.5) is 5.69 Å². The molecular formula is C24H28Cl3N3O4S. The molecule has 0 bridgehead atoms. The zero-order chi connectivity index (χ0) is 25.8. The summed E-state index contributed by atoms with van der Waals surface area (Å²) in [4.78, 5) is 28.0. The van der Waals surface area contributed by atoms with Crippen LogP contribution < -0.4 is 9.62 Å². The fraction of sp³-hybridized carbons (Fsp3) is 0.417. The number of hydrogen-bond donors (Lipinski definition) is 1.